The van der Waals surface area contributed by atoms with Crippen LogP contribution in [0.4, 0.5) is 8.78 Å². The van der Waals surface area contributed by atoms with Gasteiger partial charge in [-0.05, 0) is 84.9 Å². The molecule has 0 spiro atoms. The molecule has 0 radical (unpaired) electrons. The van der Waals surface area contributed by atoms with Gasteiger partial charge in [0, 0.05) is 30.3 Å². The Hall–Kier alpha value is -6.80. The van der Waals surface area contributed by atoms with Gasteiger partial charge in [-0.15, -0.1) is 0 Å². The minimum absolute atomic E-state index is 0.378. The zero-order chi connectivity index (χ0) is 34.1. The third-order valence-corrected chi connectivity index (χ3v) is 7.09. The van der Waals surface area contributed by atoms with E-state index in [0.29, 0.717) is 69.0 Å². The maximum Gasteiger partial charge on any atom is 0.169 e. The predicted octanol–water partition coefficient (Wildman–Crippen LogP) is 12.7. The first kappa shape index (κ1) is 31.8. The van der Waals surface area contributed by atoms with Gasteiger partial charge in [-0.2, -0.15) is 0 Å². The maximum absolute atomic E-state index is 13.6. The Bertz CT molecular complexity index is 2080. The molecule has 0 aliphatic rings. The van der Waals surface area contributed by atoms with E-state index in [-0.39, 0.29) is 11.6 Å². The lowest BCUT2D eigenvalue weighted by Gasteiger charge is -2.15. The highest BCUT2D eigenvalue weighted by Crippen LogP contribution is 2.39. The molecule has 0 aliphatic carbocycles. The highest BCUT2D eigenvalue weighted by Gasteiger charge is 2.12. The number of hydrogen-bond acceptors (Lipinski definition) is 6. The molecule has 0 aliphatic heterocycles. The van der Waals surface area contributed by atoms with E-state index in [1.165, 1.54) is 24.3 Å². The number of hydrogen-bond donors (Lipinski definition) is 0. The molecule has 50 heavy (non-hydrogen) atoms. The van der Waals surface area contributed by atoms with Gasteiger partial charge in [0.25, 0.3) is 0 Å². The van der Waals surface area contributed by atoms with Crippen LogP contribution >= 0.6 is 0 Å². The standard InChI is InChI=1S/C42H28F2O6/c43-29-10-5-12-31(24-29)45-33-14-7-16-35(26-33)47-39-20-1-3-22-41(39)49-37-18-9-19-38(28-37)50-42-23-4-2-21-40(42)48-36-17-8-15-34(27-36)46-32-13-6-11-30(44)25-32/h1-28H. The van der Waals surface area contributed by atoms with Crippen molar-refractivity contribution in [1.82, 2.24) is 0 Å². The summed E-state index contributed by atoms with van der Waals surface area (Å²) in [5.74, 6) is 4.93. The molecular weight excluding hydrogens is 638 g/mol. The molecule has 0 amide bonds. The van der Waals surface area contributed by atoms with Crippen LogP contribution in [0.2, 0.25) is 0 Å². The van der Waals surface area contributed by atoms with Crippen molar-refractivity contribution in [2.24, 2.45) is 0 Å². The van der Waals surface area contributed by atoms with Crippen molar-refractivity contribution in [2.45, 2.75) is 0 Å². The largest absolute Gasteiger partial charge is 0.457 e. The van der Waals surface area contributed by atoms with Crippen LogP contribution in [0.3, 0.4) is 0 Å². The molecule has 0 N–H and O–H groups in total. The highest BCUT2D eigenvalue weighted by atomic mass is 19.1. The lowest BCUT2D eigenvalue weighted by molar-refractivity contribution is 0.405. The molecule has 7 rings (SSSR count). The van der Waals surface area contributed by atoms with E-state index in [1.807, 2.05) is 42.5 Å². The summed E-state index contributed by atoms with van der Waals surface area (Å²) >= 11 is 0. The fourth-order valence-corrected chi connectivity index (χ4v) is 4.88. The van der Waals surface area contributed by atoms with E-state index in [4.69, 9.17) is 28.4 Å². The summed E-state index contributed by atoms with van der Waals surface area (Å²) in [7, 11) is 0. The Balaban J connectivity index is 1.04. The summed E-state index contributed by atoms with van der Waals surface area (Å²) in [4.78, 5) is 0. The van der Waals surface area contributed by atoms with Gasteiger partial charge in [-0.1, -0.05) is 54.6 Å². The van der Waals surface area contributed by atoms with E-state index < -0.39 is 0 Å². The van der Waals surface area contributed by atoms with Gasteiger partial charge < -0.3 is 28.4 Å². The minimum atomic E-state index is -0.385. The molecule has 0 bridgehead atoms. The first-order chi connectivity index (χ1) is 24.5. The molecule has 0 fully saturated rings. The fraction of sp³-hybridized carbons (Fsp3) is 0. The van der Waals surface area contributed by atoms with Crippen LogP contribution in [0.5, 0.6) is 69.0 Å². The first-order valence-electron chi connectivity index (χ1n) is 15.6. The Labute approximate surface area is 287 Å². The van der Waals surface area contributed by atoms with E-state index in [2.05, 4.69) is 0 Å². The lowest BCUT2D eigenvalue weighted by Crippen LogP contribution is -1.93. The van der Waals surface area contributed by atoms with Crippen LogP contribution in [0, 0.1) is 11.6 Å². The number of rotatable bonds is 12. The summed E-state index contributed by atoms with van der Waals surface area (Å²) in [6, 6.07) is 47.7. The van der Waals surface area contributed by atoms with Crippen molar-refractivity contribution in [3.8, 4) is 69.0 Å². The molecule has 6 nitrogen and oxygen atoms in total. The average molecular weight is 667 g/mol. The van der Waals surface area contributed by atoms with Gasteiger partial charge in [0.15, 0.2) is 23.0 Å². The number of benzene rings is 7. The average Bonchev–Trinajstić information content (AvgIpc) is 3.11. The smallest absolute Gasteiger partial charge is 0.169 e. The van der Waals surface area contributed by atoms with Crippen LogP contribution in [0.1, 0.15) is 0 Å². The topological polar surface area (TPSA) is 55.4 Å². The van der Waals surface area contributed by atoms with Crippen molar-refractivity contribution >= 4 is 0 Å². The summed E-state index contributed by atoms with van der Waals surface area (Å²) in [6.07, 6.45) is 0. The molecule has 0 saturated heterocycles. The quantitative estimate of drug-likeness (QED) is 0.129. The van der Waals surface area contributed by atoms with Crippen LogP contribution in [-0.2, 0) is 0 Å². The second-order valence-electron chi connectivity index (χ2n) is 10.8. The molecule has 0 saturated carbocycles. The molecular formula is C42H28F2O6. The number of ether oxygens (including phenoxy) is 6. The van der Waals surface area contributed by atoms with Crippen LogP contribution < -0.4 is 28.4 Å². The van der Waals surface area contributed by atoms with Gasteiger partial charge in [-0.3, -0.25) is 0 Å². The van der Waals surface area contributed by atoms with Crippen molar-refractivity contribution in [2.75, 3.05) is 0 Å². The van der Waals surface area contributed by atoms with Gasteiger partial charge in [0.1, 0.15) is 57.6 Å². The van der Waals surface area contributed by atoms with Crippen molar-refractivity contribution in [1.29, 1.82) is 0 Å². The monoisotopic (exact) mass is 666 g/mol. The van der Waals surface area contributed by atoms with E-state index in [1.54, 1.807) is 103 Å². The summed E-state index contributed by atoms with van der Waals surface area (Å²) in [6.45, 7) is 0. The maximum atomic E-state index is 13.6. The van der Waals surface area contributed by atoms with Crippen LogP contribution in [0.25, 0.3) is 0 Å². The molecule has 7 aromatic rings. The predicted molar refractivity (Wildman–Crippen MR) is 185 cm³/mol. The van der Waals surface area contributed by atoms with Gasteiger partial charge >= 0.3 is 0 Å². The van der Waals surface area contributed by atoms with E-state index in [9.17, 15) is 8.78 Å². The molecule has 7 aromatic carbocycles. The van der Waals surface area contributed by atoms with Crippen LogP contribution in [-0.4, -0.2) is 0 Å². The van der Waals surface area contributed by atoms with Crippen molar-refractivity contribution in [3.63, 3.8) is 0 Å². The molecule has 0 heterocycles. The van der Waals surface area contributed by atoms with Crippen LogP contribution in [0.15, 0.2) is 170 Å². The van der Waals surface area contributed by atoms with E-state index >= 15 is 0 Å². The lowest BCUT2D eigenvalue weighted by atomic mass is 10.2. The third-order valence-electron chi connectivity index (χ3n) is 7.09. The zero-order valence-electron chi connectivity index (χ0n) is 26.4. The Morgan fingerprint density at radius 2 is 0.480 bits per heavy atom. The molecule has 8 heteroatoms. The zero-order valence-corrected chi connectivity index (χ0v) is 26.4. The van der Waals surface area contributed by atoms with Crippen molar-refractivity contribution < 1.29 is 37.2 Å². The Morgan fingerprint density at radius 3 is 0.760 bits per heavy atom. The normalized spacial score (nSPS) is 10.6. The number of halogens is 2. The number of para-hydroxylation sites is 4. The van der Waals surface area contributed by atoms with Crippen molar-refractivity contribution in [3.05, 3.63) is 181 Å². The fourth-order valence-electron chi connectivity index (χ4n) is 4.88. The summed E-state index contributed by atoms with van der Waals surface area (Å²) in [5.41, 5.74) is 0. The highest BCUT2D eigenvalue weighted by molar-refractivity contribution is 5.50. The molecule has 246 valence electrons. The molecule has 0 aromatic heterocycles. The van der Waals surface area contributed by atoms with E-state index in [0.717, 1.165) is 0 Å². The third kappa shape index (κ3) is 8.37. The second-order valence-corrected chi connectivity index (χ2v) is 10.8. The summed E-state index contributed by atoms with van der Waals surface area (Å²) < 4.78 is 63.7. The SMILES string of the molecule is Fc1cccc(Oc2cccc(Oc3ccccc3Oc3cccc(Oc4ccccc4Oc4cccc(Oc5cccc(F)c5)c4)c3)c2)c1. The minimum Gasteiger partial charge on any atom is -0.457 e. The second kappa shape index (κ2) is 15.0. The van der Waals surface area contributed by atoms with Gasteiger partial charge in [0.2, 0.25) is 0 Å². The molecule has 0 atom stereocenters. The first-order valence-corrected chi connectivity index (χ1v) is 15.6. The molecule has 0 unspecified atom stereocenters. The Kier molecular flexibility index (Phi) is 9.51. The Morgan fingerprint density at radius 1 is 0.240 bits per heavy atom. The summed E-state index contributed by atoms with van der Waals surface area (Å²) in [5, 5.41) is 0. The van der Waals surface area contributed by atoms with Gasteiger partial charge in [-0.25, -0.2) is 8.78 Å². The van der Waals surface area contributed by atoms with Gasteiger partial charge in [0.05, 0.1) is 0 Å².